The average molecular weight is 359 g/mol. The molecule has 6 nitrogen and oxygen atoms in total. The number of hydrogen-bond donors (Lipinski definition) is 2. The van der Waals surface area contributed by atoms with Crippen LogP contribution in [0.5, 0.6) is 0 Å². The minimum absolute atomic E-state index is 0.0409. The van der Waals surface area contributed by atoms with Crippen LogP contribution in [0.25, 0.3) is 5.69 Å². The summed E-state index contributed by atoms with van der Waals surface area (Å²) in [6, 6.07) is 6.50. The number of carbonyl (C=O) groups is 2. The number of benzene rings is 1. The number of fused-ring (bicyclic) bond motifs is 1. The second-order valence-corrected chi connectivity index (χ2v) is 7.78. The summed E-state index contributed by atoms with van der Waals surface area (Å²) in [6.45, 7) is 6.29. The Labute approximate surface area is 150 Å². The summed E-state index contributed by atoms with van der Waals surface area (Å²) in [5.74, 6) is 0.616. The molecule has 7 heteroatoms. The van der Waals surface area contributed by atoms with Gasteiger partial charge in [0.25, 0.3) is 0 Å². The van der Waals surface area contributed by atoms with Gasteiger partial charge in [-0.1, -0.05) is 13.8 Å². The quantitative estimate of drug-likeness (QED) is 0.870. The highest BCUT2D eigenvalue weighted by molar-refractivity contribution is 8.00. The number of amides is 1. The molecule has 0 spiro atoms. The van der Waals surface area contributed by atoms with E-state index in [0.717, 1.165) is 23.4 Å². The minimum atomic E-state index is -0.969. The molecule has 2 N–H and O–H groups in total. The van der Waals surface area contributed by atoms with Crippen molar-refractivity contribution in [2.75, 3.05) is 11.1 Å². The number of aromatic carboxylic acids is 1. The first-order valence-electron chi connectivity index (χ1n) is 8.21. The normalized spacial score (nSPS) is 17.1. The number of aromatic nitrogens is 2. The molecule has 2 heterocycles. The van der Waals surface area contributed by atoms with Crippen molar-refractivity contribution in [3.05, 3.63) is 41.1 Å². The van der Waals surface area contributed by atoms with Crippen molar-refractivity contribution < 1.29 is 14.7 Å². The molecule has 2 aromatic rings. The highest BCUT2D eigenvalue weighted by Crippen LogP contribution is 2.43. The zero-order chi connectivity index (χ0) is 18.1. The monoisotopic (exact) mass is 359 g/mol. The third-order valence-electron chi connectivity index (χ3n) is 4.15. The number of aryl methyl sites for hydroxylation is 1. The summed E-state index contributed by atoms with van der Waals surface area (Å²) in [5, 5.41) is 16.8. The Morgan fingerprint density at radius 2 is 2.08 bits per heavy atom. The lowest BCUT2D eigenvalue weighted by molar-refractivity contribution is -0.113. The van der Waals surface area contributed by atoms with Gasteiger partial charge in [0.15, 0.2) is 0 Å². The van der Waals surface area contributed by atoms with E-state index in [2.05, 4.69) is 24.3 Å². The van der Waals surface area contributed by atoms with Gasteiger partial charge in [-0.25, -0.2) is 9.48 Å². The molecule has 0 saturated carbocycles. The second-order valence-electron chi connectivity index (χ2n) is 6.59. The molecular formula is C18H21N3O3S. The van der Waals surface area contributed by atoms with Crippen molar-refractivity contribution in [1.29, 1.82) is 0 Å². The van der Waals surface area contributed by atoms with E-state index in [9.17, 15) is 9.59 Å². The van der Waals surface area contributed by atoms with Crippen LogP contribution in [0.4, 0.5) is 5.82 Å². The zero-order valence-electron chi connectivity index (χ0n) is 14.4. The van der Waals surface area contributed by atoms with Gasteiger partial charge in [-0.05, 0) is 43.5 Å². The van der Waals surface area contributed by atoms with Crippen LogP contribution >= 0.6 is 11.8 Å². The van der Waals surface area contributed by atoms with E-state index < -0.39 is 5.97 Å². The number of nitrogens with one attached hydrogen (secondary N) is 1. The van der Waals surface area contributed by atoms with Crippen LogP contribution in [0.15, 0.2) is 24.3 Å². The Balaban J connectivity index is 2.07. The molecule has 1 aliphatic rings. The summed E-state index contributed by atoms with van der Waals surface area (Å²) >= 11 is 1.65. The van der Waals surface area contributed by atoms with Crippen molar-refractivity contribution in [1.82, 2.24) is 9.78 Å². The summed E-state index contributed by atoms with van der Waals surface area (Å²) in [7, 11) is 0. The molecule has 25 heavy (non-hydrogen) atoms. The fourth-order valence-corrected chi connectivity index (χ4v) is 4.41. The molecule has 1 aliphatic heterocycles. The molecule has 1 aromatic heterocycles. The molecule has 1 aromatic carbocycles. The molecule has 0 fully saturated rings. The molecule has 0 unspecified atom stereocenters. The SMILES string of the molecule is Cc1nn(-c2ccc(C(=O)O)cc2)c2c1[C@@H](CC(C)C)SCC(=O)N2. The van der Waals surface area contributed by atoms with Crippen molar-refractivity contribution in [2.45, 2.75) is 32.4 Å². The first-order chi connectivity index (χ1) is 11.9. The predicted molar refractivity (Wildman–Crippen MR) is 98.5 cm³/mol. The van der Waals surface area contributed by atoms with Crippen LogP contribution in [-0.4, -0.2) is 32.5 Å². The average Bonchev–Trinajstić information content (AvgIpc) is 2.77. The van der Waals surface area contributed by atoms with E-state index in [1.54, 1.807) is 40.7 Å². The third-order valence-corrected chi connectivity index (χ3v) is 5.41. The smallest absolute Gasteiger partial charge is 0.335 e. The maximum Gasteiger partial charge on any atom is 0.335 e. The first kappa shape index (κ1) is 17.5. The van der Waals surface area contributed by atoms with E-state index in [1.165, 1.54) is 0 Å². The Morgan fingerprint density at radius 3 is 2.68 bits per heavy atom. The highest BCUT2D eigenvalue weighted by atomic mass is 32.2. The van der Waals surface area contributed by atoms with Crippen LogP contribution < -0.4 is 5.32 Å². The number of anilines is 1. The Morgan fingerprint density at radius 1 is 1.40 bits per heavy atom. The Kier molecular flexibility index (Phi) is 4.85. The molecule has 1 atom stereocenters. The van der Waals surface area contributed by atoms with Gasteiger partial charge in [0.05, 0.1) is 22.7 Å². The van der Waals surface area contributed by atoms with Gasteiger partial charge in [0.1, 0.15) is 5.82 Å². The number of nitrogens with zero attached hydrogens (tertiary/aromatic N) is 2. The zero-order valence-corrected chi connectivity index (χ0v) is 15.3. The van der Waals surface area contributed by atoms with Gasteiger partial charge in [-0.2, -0.15) is 5.10 Å². The van der Waals surface area contributed by atoms with Crippen LogP contribution in [0.1, 0.15) is 47.1 Å². The maximum atomic E-state index is 12.2. The summed E-state index contributed by atoms with van der Waals surface area (Å²) < 4.78 is 1.70. The van der Waals surface area contributed by atoms with E-state index in [4.69, 9.17) is 5.11 Å². The molecule has 3 rings (SSSR count). The third kappa shape index (κ3) is 3.56. The Hall–Kier alpha value is -2.28. The van der Waals surface area contributed by atoms with E-state index in [-0.39, 0.29) is 16.7 Å². The number of carboxylic acids is 1. The summed E-state index contributed by atoms with van der Waals surface area (Å²) in [6.07, 6.45) is 0.969. The van der Waals surface area contributed by atoms with E-state index in [0.29, 0.717) is 17.5 Å². The highest BCUT2D eigenvalue weighted by Gasteiger charge is 2.29. The minimum Gasteiger partial charge on any atom is -0.478 e. The van der Waals surface area contributed by atoms with Crippen LogP contribution in [-0.2, 0) is 4.79 Å². The van der Waals surface area contributed by atoms with Crippen LogP contribution in [0, 0.1) is 12.8 Å². The molecule has 0 saturated heterocycles. The van der Waals surface area contributed by atoms with E-state index >= 15 is 0 Å². The molecule has 132 valence electrons. The molecule has 1 amide bonds. The van der Waals surface area contributed by atoms with Gasteiger partial charge in [-0.15, -0.1) is 11.8 Å². The maximum absolute atomic E-state index is 12.2. The van der Waals surface area contributed by atoms with Gasteiger partial charge in [-0.3, -0.25) is 4.79 Å². The fourth-order valence-electron chi connectivity index (χ4n) is 3.02. The standard InChI is InChI=1S/C18H21N3O3S/c1-10(2)8-14-16-11(3)20-21(17(16)19-15(22)9-25-14)13-6-4-12(5-7-13)18(23)24/h4-7,10,14H,8-9H2,1-3H3,(H,19,22)(H,23,24)/t14-/m1/s1. The van der Waals surface area contributed by atoms with Gasteiger partial charge < -0.3 is 10.4 Å². The van der Waals surface area contributed by atoms with Gasteiger partial charge in [0.2, 0.25) is 5.91 Å². The van der Waals surface area contributed by atoms with Crippen LogP contribution in [0.2, 0.25) is 0 Å². The second kappa shape index (κ2) is 6.92. The molecule has 0 radical (unpaired) electrons. The molecule has 0 aliphatic carbocycles. The van der Waals surface area contributed by atoms with Gasteiger partial charge in [0, 0.05) is 10.8 Å². The Bertz CT molecular complexity index is 812. The van der Waals surface area contributed by atoms with E-state index in [1.807, 2.05) is 6.92 Å². The summed E-state index contributed by atoms with van der Waals surface area (Å²) in [5.41, 5.74) is 2.89. The number of hydrogen-bond acceptors (Lipinski definition) is 4. The summed E-state index contributed by atoms with van der Waals surface area (Å²) in [4.78, 5) is 23.2. The van der Waals surface area contributed by atoms with Gasteiger partial charge >= 0.3 is 5.97 Å². The molecular weight excluding hydrogens is 338 g/mol. The van der Waals surface area contributed by atoms with Crippen molar-refractivity contribution >= 4 is 29.5 Å². The van der Waals surface area contributed by atoms with Crippen molar-refractivity contribution in [3.63, 3.8) is 0 Å². The number of carbonyl (C=O) groups excluding carboxylic acids is 1. The lowest BCUT2D eigenvalue weighted by Gasteiger charge is -2.16. The largest absolute Gasteiger partial charge is 0.478 e. The van der Waals surface area contributed by atoms with Crippen molar-refractivity contribution in [3.8, 4) is 5.69 Å². The first-order valence-corrected chi connectivity index (χ1v) is 9.26. The number of carboxylic acid groups (broad SMARTS) is 1. The topological polar surface area (TPSA) is 84.2 Å². The molecule has 0 bridgehead atoms. The van der Waals surface area contributed by atoms with Crippen molar-refractivity contribution in [2.24, 2.45) is 5.92 Å². The lowest BCUT2D eigenvalue weighted by Crippen LogP contribution is -2.15. The fraction of sp³-hybridized carbons (Fsp3) is 0.389. The number of rotatable bonds is 4. The van der Waals surface area contributed by atoms with Crippen LogP contribution in [0.3, 0.4) is 0 Å². The lowest BCUT2D eigenvalue weighted by atomic mass is 10.0. The number of thioether (sulfide) groups is 1. The predicted octanol–water partition coefficient (Wildman–Crippen LogP) is 3.65.